The van der Waals surface area contributed by atoms with Crippen LogP contribution in [-0.4, -0.2) is 15.4 Å². The summed E-state index contributed by atoms with van der Waals surface area (Å²) in [7, 11) is 0. The number of hydrogen-bond acceptors (Lipinski definition) is 3. The van der Waals surface area contributed by atoms with Crippen LogP contribution in [-0.2, 0) is 0 Å². The van der Waals surface area contributed by atoms with Crippen LogP contribution >= 0.6 is 0 Å². The maximum absolute atomic E-state index is 5.74. The molecule has 4 heteroatoms. The highest BCUT2D eigenvalue weighted by Gasteiger charge is 2.02. The van der Waals surface area contributed by atoms with Gasteiger partial charge in [-0.25, -0.2) is 0 Å². The van der Waals surface area contributed by atoms with E-state index in [1.165, 1.54) is 0 Å². The van der Waals surface area contributed by atoms with E-state index in [0.29, 0.717) is 5.69 Å². The Labute approximate surface area is 63.4 Å². The number of fused-ring (bicyclic) bond motifs is 1. The zero-order valence-electron chi connectivity index (χ0n) is 6.13. The minimum atomic E-state index is 0.705. The highest BCUT2D eigenvalue weighted by atomic mass is 15.3. The van der Waals surface area contributed by atoms with Gasteiger partial charge in [-0.2, -0.15) is 15.4 Å². The summed E-state index contributed by atoms with van der Waals surface area (Å²) in [5, 5.41) is 10.3. The Bertz CT molecular complexity index is 390. The van der Waals surface area contributed by atoms with Crippen molar-refractivity contribution in [3.63, 3.8) is 0 Å². The molecule has 4 nitrogen and oxygen atoms in total. The van der Waals surface area contributed by atoms with Crippen LogP contribution in [0.2, 0.25) is 0 Å². The lowest BCUT2D eigenvalue weighted by atomic mass is 10.2. The van der Waals surface area contributed by atoms with Gasteiger partial charge in [0.05, 0.1) is 5.69 Å². The monoisotopic (exact) mass is 148 g/mol. The van der Waals surface area contributed by atoms with Gasteiger partial charge in [0, 0.05) is 0 Å². The standard InChI is InChI=1S/C7H8N4/c1-4-2-3-5-7(6(4)8)10-11-9-5/h2-3H,8H2,1H3,(H,9,10,11). The number of rotatable bonds is 0. The van der Waals surface area contributed by atoms with E-state index in [4.69, 9.17) is 5.73 Å². The molecule has 11 heavy (non-hydrogen) atoms. The smallest absolute Gasteiger partial charge is 0.136 e. The summed E-state index contributed by atoms with van der Waals surface area (Å²) < 4.78 is 0. The van der Waals surface area contributed by atoms with E-state index in [0.717, 1.165) is 16.6 Å². The zero-order valence-corrected chi connectivity index (χ0v) is 6.13. The number of anilines is 1. The molecule has 2 rings (SSSR count). The van der Waals surface area contributed by atoms with Crippen LogP contribution in [0, 0.1) is 6.92 Å². The van der Waals surface area contributed by atoms with E-state index >= 15 is 0 Å². The van der Waals surface area contributed by atoms with Gasteiger partial charge < -0.3 is 5.73 Å². The van der Waals surface area contributed by atoms with Gasteiger partial charge in [-0.1, -0.05) is 6.07 Å². The Morgan fingerprint density at radius 2 is 2.18 bits per heavy atom. The van der Waals surface area contributed by atoms with E-state index in [1.807, 2.05) is 19.1 Å². The van der Waals surface area contributed by atoms with Gasteiger partial charge in [0.15, 0.2) is 0 Å². The van der Waals surface area contributed by atoms with Crippen molar-refractivity contribution >= 4 is 16.7 Å². The first-order valence-corrected chi connectivity index (χ1v) is 3.34. The number of hydrogen-bond donors (Lipinski definition) is 2. The molecule has 0 unspecified atom stereocenters. The molecule has 0 aliphatic rings. The third-order valence-corrected chi connectivity index (χ3v) is 1.75. The molecule has 0 saturated heterocycles. The van der Waals surface area contributed by atoms with Crippen molar-refractivity contribution in [2.45, 2.75) is 6.92 Å². The second-order valence-electron chi connectivity index (χ2n) is 2.49. The largest absolute Gasteiger partial charge is 0.397 e. The molecule has 2 aromatic rings. The lowest BCUT2D eigenvalue weighted by Crippen LogP contribution is -1.90. The van der Waals surface area contributed by atoms with Gasteiger partial charge >= 0.3 is 0 Å². The SMILES string of the molecule is Cc1ccc2n[nH]nc2c1N. The Kier molecular flexibility index (Phi) is 1.09. The van der Waals surface area contributed by atoms with Crippen LogP contribution in [0.1, 0.15) is 5.56 Å². The first-order valence-electron chi connectivity index (χ1n) is 3.34. The lowest BCUT2D eigenvalue weighted by molar-refractivity contribution is 0.959. The van der Waals surface area contributed by atoms with Crippen molar-refractivity contribution in [2.24, 2.45) is 0 Å². The molecule has 0 aliphatic carbocycles. The molecule has 0 spiro atoms. The number of nitrogens with one attached hydrogen (secondary N) is 1. The van der Waals surface area contributed by atoms with E-state index in [2.05, 4.69) is 15.4 Å². The third-order valence-electron chi connectivity index (χ3n) is 1.75. The molecule has 3 N–H and O–H groups in total. The second kappa shape index (κ2) is 1.95. The first kappa shape index (κ1) is 6.15. The number of aromatic amines is 1. The van der Waals surface area contributed by atoms with Gasteiger partial charge in [0.2, 0.25) is 0 Å². The van der Waals surface area contributed by atoms with E-state index < -0.39 is 0 Å². The van der Waals surface area contributed by atoms with Crippen LogP contribution in [0.5, 0.6) is 0 Å². The molecule has 1 heterocycles. The van der Waals surface area contributed by atoms with Gasteiger partial charge in [0.25, 0.3) is 0 Å². The molecule has 0 radical (unpaired) electrons. The number of nitrogens with two attached hydrogens (primary N) is 1. The van der Waals surface area contributed by atoms with Gasteiger partial charge in [-0.05, 0) is 18.6 Å². The fourth-order valence-corrected chi connectivity index (χ4v) is 1.03. The van der Waals surface area contributed by atoms with Crippen LogP contribution in [0.25, 0.3) is 11.0 Å². The number of nitrogens with zero attached hydrogens (tertiary/aromatic N) is 2. The molecule has 56 valence electrons. The van der Waals surface area contributed by atoms with Crippen molar-refractivity contribution in [1.82, 2.24) is 15.4 Å². The number of H-pyrrole nitrogens is 1. The van der Waals surface area contributed by atoms with Crippen molar-refractivity contribution < 1.29 is 0 Å². The molecular formula is C7H8N4. The number of aromatic nitrogens is 3. The normalized spacial score (nSPS) is 10.6. The van der Waals surface area contributed by atoms with Gasteiger partial charge in [0.1, 0.15) is 11.0 Å². The summed E-state index contributed by atoms with van der Waals surface area (Å²) in [6.45, 7) is 1.95. The second-order valence-corrected chi connectivity index (χ2v) is 2.49. The summed E-state index contributed by atoms with van der Waals surface area (Å²) in [6, 6.07) is 3.82. The van der Waals surface area contributed by atoms with E-state index in [1.54, 1.807) is 0 Å². The predicted molar refractivity (Wildman–Crippen MR) is 43.0 cm³/mol. The van der Waals surface area contributed by atoms with Crippen LogP contribution in [0.3, 0.4) is 0 Å². The zero-order chi connectivity index (χ0) is 7.84. The average Bonchev–Trinajstić information content (AvgIpc) is 2.45. The number of benzene rings is 1. The maximum Gasteiger partial charge on any atom is 0.136 e. The minimum Gasteiger partial charge on any atom is -0.397 e. The van der Waals surface area contributed by atoms with Crippen LogP contribution < -0.4 is 5.73 Å². The highest BCUT2D eigenvalue weighted by molar-refractivity contribution is 5.87. The molecule has 1 aromatic carbocycles. The van der Waals surface area contributed by atoms with Crippen molar-refractivity contribution in [3.05, 3.63) is 17.7 Å². The van der Waals surface area contributed by atoms with E-state index in [-0.39, 0.29) is 0 Å². The quantitative estimate of drug-likeness (QED) is 0.544. The Balaban J connectivity index is 2.93. The van der Waals surface area contributed by atoms with Crippen LogP contribution in [0.4, 0.5) is 5.69 Å². The third kappa shape index (κ3) is 0.756. The number of aryl methyl sites for hydroxylation is 1. The summed E-state index contributed by atoms with van der Waals surface area (Å²) in [4.78, 5) is 0. The fourth-order valence-electron chi connectivity index (χ4n) is 1.03. The molecule has 0 aliphatic heterocycles. The van der Waals surface area contributed by atoms with Crippen molar-refractivity contribution in [1.29, 1.82) is 0 Å². The predicted octanol–water partition coefficient (Wildman–Crippen LogP) is 0.849. The topological polar surface area (TPSA) is 67.6 Å². The maximum atomic E-state index is 5.74. The molecule has 0 atom stereocenters. The molecule has 0 saturated carbocycles. The van der Waals surface area contributed by atoms with Gasteiger partial charge in [-0.15, -0.1) is 0 Å². The highest BCUT2D eigenvalue weighted by Crippen LogP contribution is 2.19. The molecule has 0 bridgehead atoms. The lowest BCUT2D eigenvalue weighted by Gasteiger charge is -1.96. The molecular weight excluding hydrogens is 140 g/mol. The molecule has 1 aromatic heterocycles. The Morgan fingerprint density at radius 3 is 3.00 bits per heavy atom. The van der Waals surface area contributed by atoms with Gasteiger partial charge in [-0.3, -0.25) is 0 Å². The average molecular weight is 148 g/mol. The Hall–Kier alpha value is -1.58. The molecule has 0 fully saturated rings. The fraction of sp³-hybridized carbons (Fsp3) is 0.143. The summed E-state index contributed by atoms with van der Waals surface area (Å²) in [5.41, 5.74) is 9.05. The summed E-state index contributed by atoms with van der Waals surface area (Å²) in [5.74, 6) is 0. The van der Waals surface area contributed by atoms with Crippen LogP contribution in [0.15, 0.2) is 12.1 Å². The number of nitrogen functional groups attached to an aromatic ring is 1. The van der Waals surface area contributed by atoms with Crippen molar-refractivity contribution in [3.8, 4) is 0 Å². The van der Waals surface area contributed by atoms with Crippen molar-refractivity contribution in [2.75, 3.05) is 5.73 Å². The van der Waals surface area contributed by atoms with E-state index in [9.17, 15) is 0 Å². The first-order chi connectivity index (χ1) is 5.29. The summed E-state index contributed by atoms with van der Waals surface area (Å²) in [6.07, 6.45) is 0. The summed E-state index contributed by atoms with van der Waals surface area (Å²) >= 11 is 0. The minimum absolute atomic E-state index is 0.705. The molecule has 0 amide bonds. The Morgan fingerprint density at radius 1 is 1.36 bits per heavy atom.